The number of benzene rings is 1. The van der Waals surface area contributed by atoms with Crippen molar-refractivity contribution >= 4 is 29.1 Å². The molecule has 0 aliphatic heterocycles. The molecule has 2 N–H and O–H groups in total. The molecule has 162 valence electrons. The fraction of sp³-hybridized carbons (Fsp3) is 0.0741. The SMILES string of the molecule is C=c1[nH]nc(-c2cc3c(-c4cccc(F)c4)nccc3[nH]2)/c1=C/C(=C\C)c1cnccc1C. The van der Waals surface area contributed by atoms with E-state index in [4.69, 9.17) is 0 Å². The quantitative estimate of drug-likeness (QED) is 0.428. The summed E-state index contributed by atoms with van der Waals surface area (Å²) in [4.78, 5) is 12.2. The minimum atomic E-state index is -0.294. The van der Waals surface area contributed by atoms with Crippen LogP contribution in [-0.2, 0) is 0 Å². The van der Waals surface area contributed by atoms with Gasteiger partial charge in [-0.05, 0) is 61.4 Å². The van der Waals surface area contributed by atoms with Gasteiger partial charge in [0.05, 0.1) is 16.7 Å². The zero-order valence-corrected chi connectivity index (χ0v) is 18.4. The minimum absolute atomic E-state index is 0.294. The number of hydrogen-bond acceptors (Lipinski definition) is 3. The molecule has 6 heteroatoms. The van der Waals surface area contributed by atoms with E-state index < -0.39 is 0 Å². The van der Waals surface area contributed by atoms with E-state index >= 15 is 0 Å². The first-order valence-electron chi connectivity index (χ1n) is 10.6. The molecule has 0 aliphatic carbocycles. The van der Waals surface area contributed by atoms with Crippen molar-refractivity contribution in [3.63, 3.8) is 0 Å². The molecule has 5 rings (SSSR count). The van der Waals surface area contributed by atoms with E-state index in [-0.39, 0.29) is 5.82 Å². The Hall–Kier alpha value is -4.32. The molecule has 0 spiro atoms. The van der Waals surface area contributed by atoms with Crippen molar-refractivity contribution in [3.05, 3.63) is 94.6 Å². The molecular weight excluding hydrogens is 413 g/mol. The molecule has 0 fully saturated rings. The molecule has 0 bridgehead atoms. The molecule has 0 saturated heterocycles. The molecule has 0 atom stereocenters. The number of nitrogens with zero attached hydrogens (tertiary/aromatic N) is 3. The summed E-state index contributed by atoms with van der Waals surface area (Å²) in [7, 11) is 0. The van der Waals surface area contributed by atoms with Crippen LogP contribution in [0.3, 0.4) is 0 Å². The smallest absolute Gasteiger partial charge is 0.123 e. The van der Waals surface area contributed by atoms with Crippen molar-refractivity contribution < 1.29 is 4.39 Å². The fourth-order valence-corrected chi connectivity index (χ4v) is 4.03. The number of hydrogen-bond donors (Lipinski definition) is 2. The number of aryl methyl sites for hydroxylation is 1. The van der Waals surface area contributed by atoms with Crippen LogP contribution in [0.5, 0.6) is 0 Å². The van der Waals surface area contributed by atoms with Gasteiger partial charge in [-0.3, -0.25) is 15.1 Å². The molecule has 0 aliphatic rings. The van der Waals surface area contributed by atoms with E-state index in [1.54, 1.807) is 18.5 Å². The van der Waals surface area contributed by atoms with Crippen molar-refractivity contribution in [2.45, 2.75) is 13.8 Å². The third-order valence-corrected chi connectivity index (χ3v) is 5.75. The Bertz CT molecular complexity index is 1620. The van der Waals surface area contributed by atoms with Crippen LogP contribution < -0.4 is 10.6 Å². The Kier molecular flexibility index (Phi) is 5.18. The molecule has 4 aromatic heterocycles. The number of H-pyrrole nitrogens is 2. The van der Waals surface area contributed by atoms with Gasteiger partial charge >= 0.3 is 0 Å². The van der Waals surface area contributed by atoms with Crippen molar-refractivity contribution in [3.8, 4) is 22.6 Å². The van der Waals surface area contributed by atoms with Gasteiger partial charge in [-0.2, -0.15) is 5.10 Å². The number of aromatic amines is 2. The molecule has 1 aromatic carbocycles. The Balaban J connectivity index is 1.67. The first-order chi connectivity index (χ1) is 16.0. The maximum absolute atomic E-state index is 13.8. The summed E-state index contributed by atoms with van der Waals surface area (Å²) in [6.45, 7) is 8.20. The van der Waals surface area contributed by atoms with Crippen LogP contribution in [0.15, 0.2) is 67.1 Å². The number of rotatable bonds is 4. The van der Waals surface area contributed by atoms with Crippen LogP contribution in [0.25, 0.3) is 51.8 Å². The van der Waals surface area contributed by atoms with Crippen molar-refractivity contribution in [2.75, 3.05) is 0 Å². The summed E-state index contributed by atoms with van der Waals surface area (Å²) in [6.07, 6.45) is 9.50. The second-order valence-electron chi connectivity index (χ2n) is 7.86. The summed E-state index contributed by atoms with van der Waals surface area (Å²) in [5, 5.41) is 10.0. The predicted molar refractivity (Wildman–Crippen MR) is 131 cm³/mol. The van der Waals surface area contributed by atoms with Crippen LogP contribution in [-0.4, -0.2) is 25.1 Å². The van der Waals surface area contributed by atoms with E-state index in [1.807, 2.05) is 37.4 Å². The summed E-state index contributed by atoms with van der Waals surface area (Å²) < 4.78 is 13.8. The average Bonchev–Trinajstić information content (AvgIpc) is 3.41. The zero-order valence-electron chi connectivity index (χ0n) is 18.4. The Morgan fingerprint density at radius 2 is 1.97 bits per heavy atom. The maximum Gasteiger partial charge on any atom is 0.123 e. The summed E-state index contributed by atoms with van der Waals surface area (Å²) >= 11 is 0. The van der Waals surface area contributed by atoms with Crippen molar-refractivity contribution in [1.29, 1.82) is 0 Å². The molecule has 4 heterocycles. The molecule has 0 unspecified atom stereocenters. The maximum atomic E-state index is 13.8. The molecule has 33 heavy (non-hydrogen) atoms. The van der Waals surface area contributed by atoms with Gasteiger partial charge in [-0.1, -0.05) is 24.8 Å². The minimum Gasteiger partial charge on any atom is -0.353 e. The van der Waals surface area contributed by atoms with Gasteiger partial charge in [-0.15, -0.1) is 0 Å². The van der Waals surface area contributed by atoms with Crippen LogP contribution in [0.4, 0.5) is 4.39 Å². The molecule has 0 saturated carbocycles. The number of aromatic nitrogens is 5. The highest BCUT2D eigenvalue weighted by Crippen LogP contribution is 2.30. The lowest BCUT2D eigenvalue weighted by Gasteiger charge is -2.05. The Labute approximate surface area is 190 Å². The van der Waals surface area contributed by atoms with E-state index in [0.717, 1.165) is 49.8 Å². The monoisotopic (exact) mass is 435 g/mol. The number of fused-ring (bicyclic) bond motifs is 1. The van der Waals surface area contributed by atoms with Gasteiger partial charge in [0.1, 0.15) is 11.5 Å². The Morgan fingerprint density at radius 1 is 1.09 bits per heavy atom. The standard InChI is InChI=1S/C27H22FN5/c1-4-18(23-15-29-10-8-16(23)2)13-21-17(3)32-33-27(21)25-14-22-24(31-25)9-11-30-26(22)19-6-5-7-20(28)12-19/h4-15,31-32H,3H2,1-2H3/b18-4+,21-13+. The second kappa shape index (κ2) is 8.31. The lowest BCUT2D eigenvalue weighted by Crippen LogP contribution is -2.22. The third-order valence-electron chi connectivity index (χ3n) is 5.75. The highest BCUT2D eigenvalue weighted by Gasteiger charge is 2.14. The summed E-state index contributed by atoms with van der Waals surface area (Å²) in [5.41, 5.74) is 7.14. The molecule has 0 radical (unpaired) electrons. The first kappa shape index (κ1) is 20.6. The zero-order chi connectivity index (χ0) is 22.9. The van der Waals surface area contributed by atoms with Gasteiger partial charge in [-0.25, -0.2) is 4.39 Å². The average molecular weight is 436 g/mol. The summed E-state index contributed by atoms with van der Waals surface area (Å²) in [6, 6.07) is 12.4. The predicted octanol–water partition coefficient (Wildman–Crippen LogP) is 4.76. The van der Waals surface area contributed by atoms with E-state index in [1.165, 1.54) is 12.1 Å². The van der Waals surface area contributed by atoms with Gasteiger partial charge < -0.3 is 4.98 Å². The number of pyridine rings is 2. The number of nitrogens with one attached hydrogen (secondary N) is 2. The first-order valence-corrected chi connectivity index (χ1v) is 10.6. The fourth-order valence-electron chi connectivity index (χ4n) is 4.03. The molecule has 5 aromatic rings. The molecule has 0 amide bonds. The van der Waals surface area contributed by atoms with E-state index in [0.29, 0.717) is 11.0 Å². The van der Waals surface area contributed by atoms with Gasteiger partial charge in [0.25, 0.3) is 0 Å². The summed E-state index contributed by atoms with van der Waals surface area (Å²) in [5.74, 6) is -0.294. The van der Waals surface area contributed by atoms with E-state index in [2.05, 4.69) is 50.8 Å². The highest BCUT2D eigenvalue weighted by molar-refractivity contribution is 5.96. The van der Waals surface area contributed by atoms with Crippen LogP contribution in [0.1, 0.15) is 18.1 Å². The second-order valence-corrected chi connectivity index (χ2v) is 7.86. The highest BCUT2D eigenvalue weighted by atomic mass is 19.1. The third kappa shape index (κ3) is 3.76. The topological polar surface area (TPSA) is 70.2 Å². The number of allylic oxidation sites excluding steroid dienone is 2. The normalized spacial score (nSPS) is 12.6. The van der Waals surface area contributed by atoms with Gasteiger partial charge in [0.15, 0.2) is 0 Å². The van der Waals surface area contributed by atoms with Gasteiger partial charge in [0, 0.05) is 45.8 Å². The molecule has 5 nitrogen and oxygen atoms in total. The van der Waals surface area contributed by atoms with Crippen molar-refractivity contribution in [1.82, 2.24) is 25.1 Å². The lowest BCUT2D eigenvalue weighted by molar-refractivity contribution is 0.628. The molecular formula is C27H22FN5. The van der Waals surface area contributed by atoms with E-state index in [9.17, 15) is 4.39 Å². The number of halogens is 1. The van der Waals surface area contributed by atoms with Crippen LogP contribution in [0, 0.1) is 12.7 Å². The largest absolute Gasteiger partial charge is 0.353 e. The lowest BCUT2D eigenvalue weighted by atomic mass is 10.0. The van der Waals surface area contributed by atoms with Gasteiger partial charge in [0.2, 0.25) is 0 Å². The van der Waals surface area contributed by atoms with Crippen molar-refractivity contribution in [2.24, 2.45) is 0 Å². The Morgan fingerprint density at radius 3 is 2.76 bits per heavy atom. The van der Waals surface area contributed by atoms with Crippen LogP contribution >= 0.6 is 0 Å². The van der Waals surface area contributed by atoms with Crippen LogP contribution in [0.2, 0.25) is 0 Å².